The van der Waals surface area contributed by atoms with Crippen molar-refractivity contribution in [1.82, 2.24) is 4.90 Å². The summed E-state index contributed by atoms with van der Waals surface area (Å²) in [6, 6.07) is 3.28. The van der Waals surface area contributed by atoms with E-state index in [2.05, 4.69) is 5.32 Å². The summed E-state index contributed by atoms with van der Waals surface area (Å²) in [5.74, 6) is 1.80. The quantitative estimate of drug-likeness (QED) is 0.859. The highest BCUT2D eigenvalue weighted by Crippen LogP contribution is 2.39. The molecular formula is C14H18N2O5S. The smallest absolute Gasteiger partial charge is 0.282 e. The number of carbonyl (C=O) groups is 2. The first-order chi connectivity index (χ1) is 10.6. The van der Waals surface area contributed by atoms with E-state index in [1.54, 1.807) is 12.1 Å². The van der Waals surface area contributed by atoms with Crippen LogP contribution < -0.4 is 19.5 Å². The van der Waals surface area contributed by atoms with Gasteiger partial charge in [0.2, 0.25) is 11.7 Å². The van der Waals surface area contributed by atoms with Crippen LogP contribution in [0.5, 0.6) is 17.2 Å². The average molecular weight is 326 g/mol. The molecule has 1 aliphatic heterocycles. The minimum atomic E-state index is -0.273. The molecule has 0 radical (unpaired) electrons. The summed E-state index contributed by atoms with van der Waals surface area (Å²) in [5, 5.41) is 2.66. The maximum atomic E-state index is 12.0. The maximum absolute atomic E-state index is 12.0. The third kappa shape index (κ3) is 3.56. The van der Waals surface area contributed by atoms with Gasteiger partial charge < -0.3 is 24.4 Å². The lowest BCUT2D eigenvalue weighted by Crippen LogP contribution is -2.33. The molecule has 1 aromatic carbocycles. The number of anilines is 1. The second-order valence-electron chi connectivity index (χ2n) is 4.50. The van der Waals surface area contributed by atoms with Gasteiger partial charge in [-0.2, -0.15) is 0 Å². The first-order valence-corrected chi connectivity index (χ1v) is 7.59. The van der Waals surface area contributed by atoms with Crippen LogP contribution in [0, 0.1) is 0 Å². The molecule has 1 heterocycles. The van der Waals surface area contributed by atoms with E-state index in [0.717, 1.165) is 5.75 Å². The zero-order valence-electron chi connectivity index (χ0n) is 12.7. The molecule has 7 nitrogen and oxygen atoms in total. The number of methoxy groups -OCH3 is 3. The Balaban J connectivity index is 2.11. The first-order valence-electron chi connectivity index (χ1n) is 6.60. The van der Waals surface area contributed by atoms with E-state index >= 15 is 0 Å². The summed E-state index contributed by atoms with van der Waals surface area (Å²) < 4.78 is 15.7. The van der Waals surface area contributed by atoms with Crippen LogP contribution in [0.15, 0.2) is 12.1 Å². The number of nitrogens with one attached hydrogen (secondary N) is 1. The zero-order valence-corrected chi connectivity index (χ0v) is 13.5. The minimum Gasteiger partial charge on any atom is -0.493 e. The Morgan fingerprint density at radius 2 is 1.86 bits per heavy atom. The van der Waals surface area contributed by atoms with Crippen LogP contribution >= 0.6 is 11.8 Å². The maximum Gasteiger partial charge on any atom is 0.282 e. The largest absolute Gasteiger partial charge is 0.493 e. The van der Waals surface area contributed by atoms with Crippen molar-refractivity contribution >= 4 is 28.6 Å². The summed E-state index contributed by atoms with van der Waals surface area (Å²) in [6.07, 6.45) is 0. The van der Waals surface area contributed by atoms with Crippen molar-refractivity contribution in [3.05, 3.63) is 12.1 Å². The predicted molar refractivity (Wildman–Crippen MR) is 84.2 cm³/mol. The molecule has 1 saturated heterocycles. The second kappa shape index (κ2) is 7.26. The summed E-state index contributed by atoms with van der Waals surface area (Å²) in [6.45, 7) is 0.620. The molecule has 2 amide bonds. The molecule has 0 saturated carbocycles. The van der Waals surface area contributed by atoms with Crippen LogP contribution in [-0.2, 0) is 4.79 Å². The van der Waals surface area contributed by atoms with E-state index in [0.29, 0.717) is 29.5 Å². The van der Waals surface area contributed by atoms with Crippen molar-refractivity contribution in [2.75, 3.05) is 45.5 Å². The van der Waals surface area contributed by atoms with E-state index in [1.807, 2.05) is 0 Å². The molecule has 1 fully saturated rings. The van der Waals surface area contributed by atoms with Gasteiger partial charge >= 0.3 is 0 Å². The molecule has 0 aliphatic carbocycles. The minimum absolute atomic E-state index is 0.0303. The number of carbonyl (C=O) groups excluding carboxylic acids is 2. The molecule has 1 N–H and O–H groups in total. The molecule has 22 heavy (non-hydrogen) atoms. The number of nitrogens with zero attached hydrogens (tertiary/aromatic N) is 1. The Morgan fingerprint density at radius 1 is 1.23 bits per heavy atom. The van der Waals surface area contributed by atoms with Crippen LogP contribution in [-0.4, -0.2) is 56.2 Å². The van der Waals surface area contributed by atoms with Gasteiger partial charge in [0, 0.05) is 30.1 Å². The number of hydrogen-bond donors (Lipinski definition) is 1. The Morgan fingerprint density at radius 3 is 2.32 bits per heavy atom. The normalized spacial score (nSPS) is 14.0. The number of benzene rings is 1. The SMILES string of the molecule is COc1cc(NC(=O)CN2CCSC2=O)cc(OC)c1OC. The third-order valence-corrected chi connectivity index (χ3v) is 4.02. The Bertz CT molecular complexity index is 553. The summed E-state index contributed by atoms with van der Waals surface area (Å²) in [5.41, 5.74) is 0.513. The number of rotatable bonds is 6. The lowest BCUT2D eigenvalue weighted by atomic mass is 10.2. The number of ether oxygens (including phenoxy) is 3. The Kier molecular flexibility index (Phi) is 5.37. The third-order valence-electron chi connectivity index (χ3n) is 3.13. The molecule has 0 bridgehead atoms. The fraction of sp³-hybridized carbons (Fsp3) is 0.429. The number of hydrogen-bond acceptors (Lipinski definition) is 6. The molecular weight excluding hydrogens is 308 g/mol. The van der Waals surface area contributed by atoms with E-state index < -0.39 is 0 Å². The van der Waals surface area contributed by atoms with Crippen LogP contribution in [0.2, 0.25) is 0 Å². The van der Waals surface area contributed by atoms with Crippen molar-refractivity contribution in [3.8, 4) is 17.2 Å². The average Bonchev–Trinajstić information content (AvgIpc) is 2.91. The van der Waals surface area contributed by atoms with Crippen LogP contribution in [0.4, 0.5) is 10.5 Å². The summed E-state index contributed by atoms with van der Waals surface area (Å²) in [4.78, 5) is 25.1. The van der Waals surface area contributed by atoms with Crippen LogP contribution in [0.1, 0.15) is 0 Å². The first kappa shape index (κ1) is 16.3. The van der Waals surface area contributed by atoms with Crippen molar-refractivity contribution in [1.29, 1.82) is 0 Å². The van der Waals surface area contributed by atoms with Gasteiger partial charge in [-0.25, -0.2) is 0 Å². The molecule has 0 unspecified atom stereocenters. The van der Waals surface area contributed by atoms with Gasteiger partial charge in [0.25, 0.3) is 5.24 Å². The molecule has 1 aromatic rings. The Labute approximate surface area is 132 Å². The fourth-order valence-corrected chi connectivity index (χ4v) is 2.92. The molecule has 0 spiro atoms. The van der Waals surface area contributed by atoms with E-state index in [-0.39, 0.29) is 17.7 Å². The molecule has 8 heteroatoms. The highest BCUT2D eigenvalue weighted by Gasteiger charge is 2.23. The highest BCUT2D eigenvalue weighted by molar-refractivity contribution is 8.13. The van der Waals surface area contributed by atoms with Gasteiger partial charge in [0.05, 0.1) is 21.3 Å². The predicted octanol–water partition coefficient (Wildman–Crippen LogP) is 1.82. The van der Waals surface area contributed by atoms with Crippen LogP contribution in [0.3, 0.4) is 0 Å². The second-order valence-corrected chi connectivity index (χ2v) is 5.54. The number of amides is 2. The topological polar surface area (TPSA) is 77.1 Å². The summed E-state index contributed by atoms with van der Waals surface area (Å²) >= 11 is 1.22. The van der Waals surface area contributed by atoms with Gasteiger partial charge in [-0.1, -0.05) is 11.8 Å². The number of thioether (sulfide) groups is 1. The van der Waals surface area contributed by atoms with Gasteiger partial charge in [-0.05, 0) is 0 Å². The van der Waals surface area contributed by atoms with Gasteiger partial charge in [0.1, 0.15) is 6.54 Å². The standard InChI is InChI=1S/C14H18N2O5S/c1-19-10-6-9(7-11(20-2)13(10)21-3)15-12(17)8-16-4-5-22-14(16)18/h6-7H,4-5,8H2,1-3H3,(H,15,17). The molecule has 2 rings (SSSR count). The van der Waals surface area contributed by atoms with E-state index in [1.165, 1.54) is 38.0 Å². The molecule has 0 atom stereocenters. The fourth-order valence-electron chi connectivity index (χ4n) is 2.10. The monoisotopic (exact) mass is 326 g/mol. The van der Waals surface area contributed by atoms with Gasteiger partial charge in [0.15, 0.2) is 11.5 Å². The van der Waals surface area contributed by atoms with Gasteiger partial charge in [-0.15, -0.1) is 0 Å². The van der Waals surface area contributed by atoms with E-state index in [4.69, 9.17) is 14.2 Å². The summed E-state index contributed by atoms with van der Waals surface area (Å²) in [7, 11) is 4.52. The lowest BCUT2D eigenvalue weighted by Gasteiger charge is -2.16. The molecule has 120 valence electrons. The van der Waals surface area contributed by atoms with Gasteiger partial charge in [-0.3, -0.25) is 9.59 Å². The Hall–Kier alpha value is -2.09. The van der Waals surface area contributed by atoms with Crippen molar-refractivity contribution < 1.29 is 23.8 Å². The van der Waals surface area contributed by atoms with E-state index in [9.17, 15) is 9.59 Å². The highest BCUT2D eigenvalue weighted by atomic mass is 32.2. The lowest BCUT2D eigenvalue weighted by molar-refractivity contribution is -0.116. The van der Waals surface area contributed by atoms with Crippen molar-refractivity contribution in [2.24, 2.45) is 0 Å². The molecule has 1 aliphatic rings. The van der Waals surface area contributed by atoms with Crippen LogP contribution in [0.25, 0.3) is 0 Å². The molecule has 0 aromatic heterocycles. The van der Waals surface area contributed by atoms with Crippen molar-refractivity contribution in [2.45, 2.75) is 0 Å². The zero-order chi connectivity index (χ0) is 16.1. The van der Waals surface area contributed by atoms with Crippen molar-refractivity contribution in [3.63, 3.8) is 0 Å².